The Hall–Kier alpha value is -1.94. The van der Waals surface area contributed by atoms with Crippen LogP contribution in [0.3, 0.4) is 0 Å². The van der Waals surface area contributed by atoms with E-state index in [1.165, 1.54) is 5.56 Å². The molecule has 0 aliphatic rings. The highest BCUT2D eigenvalue weighted by Gasteiger charge is 2.16. The van der Waals surface area contributed by atoms with Gasteiger partial charge < -0.3 is 5.11 Å². The summed E-state index contributed by atoms with van der Waals surface area (Å²) in [5, 5.41) is 17.5. The fourth-order valence-electron chi connectivity index (χ4n) is 2.15. The third-order valence-electron chi connectivity index (χ3n) is 3.28. The van der Waals surface area contributed by atoms with Gasteiger partial charge in [0.05, 0.1) is 18.8 Å². The van der Waals surface area contributed by atoms with Crippen molar-refractivity contribution in [2.75, 3.05) is 0 Å². The Balaban J connectivity index is 2.45. The number of hydrogen-bond donors (Lipinski definition) is 1. The number of aliphatic hydroxyl groups excluding tert-OH is 1. The van der Waals surface area contributed by atoms with Crippen LogP contribution in [0, 0.1) is 0 Å². The smallest absolute Gasteiger partial charge is 0.116 e. The molecular weight excluding hydrogens is 250 g/mol. The molecule has 0 atom stereocenters. The zero-order valence-corrected chi connectivity index (χ0v) is 12.3. The number of benzene rings is 1. The van der Waals surface area contributed by atoms with Crippen molar-refractivity contribution >= 4 is 0 Å². The molecule has 0 saturated heterocycles. The van der Waals surface area contributed by atoms with Gasteiger partial charge in [0.25, 0.3) is 0 Å². The Bertz CT molecular complexity index is 591. The van der Waals surface area contributed by atoms with E-state index in [1.807, 2.05) is 0 Å². The van der Waals surface area contributed by atoms with Gasteiger partial charge in [-0.1, -0.05) is 56.3 Å². The molecule has 2 rings (SSSR count). The van der Waals surface area contributed by atoms with E-state index < -0.39 is 0 Å². The molecule has 2 aromatic rings. The van der Waals surface area contributed by atoms with Gasteiger partial charge in [-0.15, -0.1) is 11.7 Å². The Labute approximate surface area is 119 Å². The average molecular weight is 271 g/mol. The van der Waals surface area contributed by atoms with Crippen molar-refractivity contribution in [2.45, 2.75) is 39.3 Å². The highest BCUT2D eigenvalue weighted by atomic mass is 16.3. The maximum atomic E-state index is 9.40. The maximum Gasteiger partial charge on any atom is 0.116 e. The minimum atomic E-state index is -0.118. The largest absolute Gasteiger partial charge is 0.390 e. The lowest BCUT2D eigenvalue weighted by Gasteiger charge is -2.19. The molecule has 0 unspecified atom stereocenters. The Morgan fingerprint density at radius 3 is 2.40 bits per heavy atom. The van der Waals surface area contributed by atoms with Gasteiger partial charge in [0, 0.05) is 5.56 Å². The summed E-state index contributed by atoms with van der Waals surface area (Å²) < 4.78 is 1.75. The van der Waals surface area contributed by atoms with Crippen molar-refractivity contribution in [3.8, 4) is 11.3 Å². The number of aromatic nitrogens is 3. The normalized spacial score (nSPS) is 11.6. The lowest BCUT2D eigenvalue weighted by molar-refractivity contribution is 0.277. The Kier molecular flexibility index (Phi) is 4.04. The second-order valence-corrected chi connectivity index (χ2v) is 5.84. The fourth-order valence-corrected chi connectivity index (χ4v) is 2.15. The molecule has 1 aromatic carbocycles. The second-order valence-electron chi connectivity index (χ2n) is 5.84. The maximum absolute atomic E-state index is 9.40. The Morgan fingerprint density at radius 1 is 1.25 bits per heavy atom. The van der Waals surface area contributed by atoms with Crippen molar-refractivity contribution in [1.29, 1.82) is 0 Å². The molecule has 0 saturated carbocycles. The Morgan fingerprint density at radius 2 is 1.90 bits per heavy atom. The van der Waals surface area contributed by atoms with Crippen LogP contribution in [0.15, 0.2) is 36.9 Å². The molecule has 0 aliphatic carbocycles. The third-order valence-corrected chi connectivity index (χ3v) is 3.28. The molecule has 0 aliphatic heterocycles. The number of nitrogens with zero attached hydrogens (tertiary/aromatic N) is 3. The summed E-state index contributed by atoms with van der Waals surface area (Å²) in [6.07, 6.45) is 1.77. The lowest BCUT2D eigenvalue weighted by atomic mass is 9.86. The van der Waals surface area contributed by atoms with Gasteiger partial charge in [0.2, 0.25) is 0 Å². The van der Waals surface area contributed by atoms with Gasteiger partial charge in [-0.3, -0.25) is 0 Å². The van der Waals surface area contributed by atoms with Crippen LogP contribution in [0.1, 0.15) is 32.0 Å². The summed E-state index contributed by atoms with van der Waals surface area (Å²) in [5.74, 6) is 0. The molecule has 4 nitrogen and oxygen atoms in total. The lowest BCUT2D eigenvalue weighted by Crippen LogP contribution is -2.10. The molecule has 0 spiro atoms. The number of rotatable bonds is 4. The van der Waals surface area contributed by atoms with Gasteiger partial charge >= 0.3 is 0 Å². The molecule has 0 radical (unpaired) electrons. The van der Waals surface area contributed by atoms with E-state index in [9.17, 15) is 5.11 Å². The van der Waals surface area contributed by atoms with Crippen molar-refractivity contribution in [3.05, 3.63) is 48.2 Å². The first-order chi connectivity index (χ1) is 9.47. The first kappa shape index (κ1) is 14.5. The topological polar surface area (TPSA) is 50.9 Å². The highest BCUT2D eigenvalue weighted by Crippen LogP contribution is 2.27. The molecule has 106 valence electrons. The molecule has 0 fully saturated rings. The van der Waals surface area contributed by atoms with Gasteiger partial charge in [-0.05, 0) is 11.0 Å². The molecule has 1 N–H and O–H groups in total. The minimum absolute atomic E-state index is 0.118. The molecule has 1 aromatic heterocycles. The fraction of sp³-hybridized carbons (Fsp3) is 0.375. The molecule has 0 bridgehead atoms. The summed E-state index contributed by atoms with van der Waals surface area (Å²) in [7, 11) is 0. The van der Waals surface area contributed by atoms with Crippen LogP contribution in [0.2, 0.25) is 0 Å². The van der Waals surface area contributed by atoms with Crippen LogP contribution in [0.5, 0.6) is 0 Å². The van der Waals surface area contributed by atoms with Gasteiger partial charge in [-0.2, -0.15) is 0 Å². The number of aliphatic hydroxyl groups is 1. The van der Waals surface area contributed by atoms with Crippen molar-refractivity contribution < 1.29 is 5.11 Å². The summed E-state index contributed by atoms with van der Waals surface area (Å²) in [6, 6.07) is 8.33. The van der Waals surface area contributed by atoms with Crippen LogP contribution in [-0.2, 0) is 18.6 Å². The number of allylic oxidation sites excluding steroid dienone is 1. The third kappa shape index (κ3) is 2.80. The molecule has 0 amide bonds. The van der Waals surface area contributed by atoms with E-state index in [-0.39, 0.29) is 12.0 Å². The summed E-state index contributed by atoms with van der Waals surface area (Å²) >= 11 is 0. The average Bonchev–Trinajstić information content (AvgIpc) is 2.81. The van der Waals surface area contributed by atoms with Gasteiger partial charge in [0.15, 0.2) is 0 Å². The summed E-state index contributed by atoms with van der Waals surface area (Å²) in [6.45, 7) is 10.7. The van der Waals surface area contributed by atoms with Crippen LogP contribution in [-0.4, -0.2) is 20.1 Å². The minimum Gasteiger partial charge on any atom is -0.390 e. The second kappa shape index (κ2) is 5.59. The van der Waals surface area contributed by atoms with Crippen LogP contribution >= 0.6 is 0 Å². The van der Waals surface area contributed by atoms with Crippen LogP contribution in [0.25, 0.3) is 11.3 Å². The van der Waals surface area contributed by atoms with Crippen molar-refractivity contribution in [3.63, 3.8) is 0 Å². The number of hydrogen-bond acceptors (Lipinski definition) is 3. The molecule has 1 heterocycles. The SMILES string of the molecule is C=CCn1nnc(CO)c1-c1ccc(C(C)(C)C)cc1. The first-order valence-electron chi connectivity index (χ1n) is 6.72. The van der Waals surface area contributed by atoms with Crippen molar-refractivity contribution in [1.82, 2.24) is 15.0 Å². The van der Waals surface area contributed by atoms with E-state index in [0.29, 0.717) is 12.2 Å². The summed E-state index contributed by atoms with van der Waals surface area (Å²) in [5.41, 5.74) is 3.85. The van der Waals surface area contributed by atoms with E-state index in [0.717, 1.165) is 11.3 Å². The standard InChI is InChI=1S/C16H21N3O/c1-5-10-19-15(14(11-20)17-18-19)12-6-8-13(9-7-12)16(2,3)4/h5-9,20H,1,10-11H2,2-4H3. The monoisotopic (exact) mass is 271 g/mol. The predicted molar refractivity (Wildman–Crippen MR) is 80.3 cm³/mol. The molecular formula is C16H21N3O. The first-order valence-corrected chi connectivity index (χ1v) is 6.72. The van der Waals surface area contributed by atoms with Crippen molar-refractivity contribution in [2.24, 2.45) is 0 Å². The van der Waals surface area contributed by atoms with E-state index in [2.05, 4.69) is 61.9 Å². The van der Waals surface area contributed by atoms with Gasteiger partial charge in [-0.25, -0.2) is 4.68 Å². The van der Waals surface area contributed by atoms with Crippen LogP contribution < -0.4 is 0 Å². The van der Waals surface area contributed by atoms with Crippen LogP contribution in [0.4, 0.5) is 0 Å². The highest BCUT2D eigenvalue weighted by molar-refractivity contribution is 5.62. The molecule has 20 heavy (non-hydrogen) atoms. The van der Waals surface area contributed by atoms with E-state index >= 15 is 0 Å². The zero-order valence-electron chi connectivity index (χ0n) is 12.3. The van der Waals surface area contributed by atoms with Gasteiger partial charge in [0.1, 0.15) is 5.69 Å². The van der Waals surface area contributed by atoms with E-state index in [1.54, 1.807) is 10.8 Å². The quantitative estimate of drug-likeness (QED) is 0.870. The van der Waals surface area contributed by atoms with E-state index in [4.69, 9.17) is 0 Å². The predicted octanol–water partition coefficient (Wildman–Crippen LogP) is 2.92. The summed E-state index contributed by atoms with van der Waals surface area (Å²) in [4.78, 5) is 0. The zero-order chi connectivity index (χ0) is 14.8. The molecule has 4 heteroatoms.